The average molecular weight is 743 g/mol. The molecule has 0 spiro atoms. The van der Waals surface area contributed by atoms with E-state index in [0.29, 0.717) is 42.0 Å². The third kappa shape index (κ3) is 7.41. The SMILES string of the molecule is COc1ccc(C(=O)N2CCC(CN3CCc4ccc(Nc5ncc6c(Nc7c(C)cccc7C)nn(C)c6n5)cc4C3)CC2)cc1N1CCC(=O)NC1=O. The fourth-order valence-corrected chi connectivity index (χ4v) is 7.99. The zero-order chi connectivity index (χ0) is 38.2. The van der Waals surface area contributed by atoms with Crippen molar-refractivity contribution in [3.63, 3.8) is 0 Å². The third-order valence-corrected chi connectivity index (χ3v) is 11.0. The van der Waals surface area contributed by atoms with Crippen molar-refractivity contribution in [2.24, 2.45) is 13.0 Å². The molecule has 2 fully saturated rings. The Morgan fingerprint density at radius 1 is 0.945 bits per heavy atom. The molecule has 55 heavy (non-hydrogen) atoms. The number of aromatic nitrogens is 4. The molecule has 284 valence electrons. The van der Waals surface area contributed by atoms with Crippen molar-refractivity contribution in [2.75, 3.05) is 55.4 Å². The van der Waals surface area contributed by atoms with Gasteiger partial charge in [-0.05, 0) is 91.6 Å². The molecule has 3 aliphatic rings. The summed E-state index contributed by atoms with van der Waals surface area (Å²) in [7, 11) is 3.42. The summed E-state index contributed by atoms with van der Waals surface area (Å²) in [6, 6.07) is 17.4. The van der Waals surface area contributed by atoms with Gasteiger partial charge in [0.1, 0.15) is 5.75 Å². The molecule has 0 aliphatic carbocycles. The van der Waals surface area contributed by atoms with Gasteiger partial charge >= 0.3 is 6.03 Å². The van der Waals surface area contributed by atoms with Crippen LogP contribution in [0.25, 0.3) is 11.0 Å². The molecule has 3 N–H and O–H groups in total. The van der Waals surface area contributed by atoms with Gasteiger partial charge in [0.05, 0.1) is 18.2 Å². The Morgan fingerprint density at radius 2 is 1.75 bits per heavy atom. The highest BCUT2D eigenvalue weighted by atomic mass is 16.5. The van der Waals surface area contributed by atoms with Gasteiger partial charge in [-0.1, -0.05) is 24.3 Å². The summed E-state index contributed by atoms with van der Waals surface area (Å²) < 4.78 is 7.26. The fraction of sp³-hybridized carbons (Fsp3) is 0.366. The highest BCUT2D eigenvalue weighted by Gasteiger charge is 2.30. The number of amides is 4. The molecule has 0 saturated carbocycles. The normalized spacial score (nSPS) is 16.6. The van der Waals surface area contributed by atoms with Crippen molar-refractivity contribution >= 4 is 57.7 Å². The number of urea groups is 1. The molecule has 14 nitrogen and oxygen atoms in total. The number of nitrogens with zero attached hydrogens (tertiary/aromatic N) is 7. The van der Waals surface area contributed by atoms with Gasteiger partial charge in [0.15, 0.2) is 11.5 Å². The number of fused-ring (bicyclic) bond motifs is 2. The minimum atomic E-state index is -0.513. The molecule has 0 bridgehead atoms. The molecule has 0 unspecified atom stereocenters. The number of ether oxygens (including phenoxy) is 1. The van der Waals surface area contributed by atoms with Crippen LogP contribution in [-0.2, 0) is 24.8 Å². The Morgan fingerprint density at radius 3 is 2.51 bits per heavy atom. The van der Waals surface area contributed by atoms with Gasteiger partial charge < -0.3 is 20.3 Å². The molecule has 3 aromatic carbocycles. The summed E-state index contributed by atoms with van der Waals surface area (Å²) in [6.07, 6.45) is 4.84. The Bertz CT molecular complexity index is 2280. The van der Waals surface area contributed by atoms with E-state index in [0.717, 1.165) is 78.2 Å². The summed E-state index contributed by atoms with van der Waals surface area (Å²) in [5.41, 5.74) is 8.66. The van der Waals surface area contributed by atoms with Crippen LogP contribution in [0.5, 0.6) is 5.75 Å². The Labute approximate surface area is 319 Å². The molecule has 14 heteroatoms. The van der Waals surface area contributed by atoms with Gasteiger partial charge in [0, 0.05) is 75.9 Å². The third-order valence-electron chi connectivity index (χ3n) is 11.0. The minimum absolute atomic E-state index is 0.0660. The number of para-hydroxylation sites is 1. The summed E-state index contributed by atoms with van der Waals surface area (Å²) >= 11 is 0. The van der Waals surface area contributed by atoms with E-state index in [4.69, 9.17) is 14.8 Å². The van der Waals surface area contributed by atoms with Crippen molar-refractivity contribution in [1.29, 1.82) is 0 Å². The van der Waals surface area contributed by atoms with Crippen LogP contribution in [-0.4, -0.2) is 87.2 Å². The maximum Gasteiger partial charge on any atom is 0.328 e. The van der Waals surface area contributed by atoms with Gasteiger partial charge in [-0.3, -0.25) is 24.7 Å². The van der Waals surface area contributed by atoms with E-state index in [-0.39, 0.29) is 24.8 Å². The maximum absolute atomic E-state index is 13.6. The molecule has 3 aliphatic heterocycles. The largest absolute Gasteiger partial charge is 0.495 e. The van der Waals surface area contributed by atoms with Crippen molar-refractivity contribution in [1.82, 2.24) is 34.9 Å². The lowest BCUT2D eigenvalue weighted by Crippen LogP contribution is -2.49. The lowest BCUT2D eigenvalue weighted by molar-refractivity contribution is -0.120. The van der Waals surface area contributed by atoms with E-state index in [1.807, 2.05) is 18.1 Å². The number of carbonyl (C=O) groups is 3. The first kappa shape index (κ1) is 36.0. The summed E-state index contributed by atoms with van der Waals surface area (Å²) in [4.78, 5) is 53.2. The number of methoxy groups -OCH3 is 1. The zero-order valence-electron chi connectivity index (χ0n) is 31.7. The Balaban J connectivity index is 0.876. The quantitative estimate of drug-likeness (QED) is 0.168. The van der Waals surface area contributed by atoms with Gasteiger partial charge in [-0.2, -0.15) is 10.1 Å². The number of anilines is 5. The van der Waals surface area contributed by atoms with E-state index in [9.17, 15) is 14.4 Å². The number of nitrogens with one attached hydrogen (secondary N) is 3. The van der Waals surface area contributed by atoms with Crippen LogP contribution < -0.4 is 25.6 Å². The van der Waals surface area contributed by atoms with Crippen LogP contribution in [0.3, 0.4) is 0 Å². The van der Waals surface area contributed by atoms with Crippen LogP contribution >= 0.6 is 0 Å². The van der Waals surface area contributed by atoms with E-state index < -0.39 is 6.03 Å². The molecule has 0 atom stereocenters. The topological polar surface area (TPSA) is 150 Å². The predicted molar refractivity (Wildman–Crippen MR) is 211 cm³/mol. The van der Waals surface area contributed by atoms with E-state index in [1.54, 1.807) is 22.9 Å². The second kappa shape index (κ2) is 15.0. The summed E-state index contributed by atoms with van der Waals surface area (Å²) in [6.45, 7) is 8.58. The van der Waals surface area contributed by atoms with E-state index >= 15 is 0 Å². The van der Waals surface area contributed by atoms with Gasteiger partial charge in [-0.15, -0.1) is 0 Å². The Kier molecular flexibility index (Phi) is 9.82. The first-order valence-corrected chi connectivity index (χ1v) is 18.9. The molecular weight excluding hydrogens is 697 g/mol. The number of rotatable bonds is 9. The van der Waals surface area contributed by atoms with Crippen LogP contribution in [0.2, 0.25) is 0 Å². The van der Waals surface area contributed by atoms with Gasteiger partial charge in [0.2, 0.25) is 11.9 Å². The lowest BCUT2D eigenvalue weighted by Gasteiger charge is -2.37. The standard InChI is InChI=1S/C41H46N10O4/c1-25-6-5-7-26(2)36(25)45-37-32-22-42-40(46-38(32)48(3)47-37)43-31-10-8-28-14-16-49(24-30(28)20-31)23-27-12-17-50(18-13-27)39(53)29-9-11-34(55-4)33(21-29)51-19-15-35(52)44-41(51)54/h5-11,20-22,27H,12-19,23-24H2,1-4H3,(H,45,47)(H,42,43,46)(H,44,52,54). The molecule has 0 radical (unpaired) electrons. The van der Waals surface area contributed by atoms with Crippen LogP contribution in [0, 0.1) is 19.8 Å². The second-order valence-corrected chi connectivity index (χ2v) is 14.8. The molecule has 8 rings (SSSR count). The number of piperidine rings is 1. The molecule has 4 amide bonds. The van der Waals surface area contributed by atoms with E-state index in [2.05, 4.69) is 76.1 Å². The minimum Gasteiger partial charge on any atom is -0.495 e. The fourth-order valence-electron chi connectivity index (χ4n) is 7.99. The monoisotopic (exact) mass is 742 g/mol. The molecular formula is C41H46N10O4. The highest BCUT2D eigenvalue weighted by Crippen LogP contribution is 2.33. The predicted octanol–water partition coefficient (Wildman–Crippen LogP) is 5.83. The number of benzene rings is 3. The molecule has 2 aromatic heterocycles. The van der Waals surface area contributed by atoms with E-state index in [1.165, 1.54) is 23.1 Å². The van der Waals surface area contributed by atoms with Gasteiger partial charge in [-0.25, -0.2) is 14.5 Å². The molecule has 5 heterocycles. The Hall–Kier alpha value is -6.02. The number of aryl methyl sites for hydroxylation is 3. The summed E-state index contributed by atoms with van der Waals surface area (Å²) in [5, 5.41) is 14.8. The number of likely N-dealkylation sites (tertiary alicyclic amines) is 1. The smallest absolute Gasteiger partial charge is 0.328 e. The second-order valence-electron chi connectivity index (χ2n) is 14.8. The number of imide groups is 1. The number of carbonyl (C=O) groups excluding carboxylic acids is 3. The first-order chi connectivity index (χ1) is 26.6. The van der Waals surface area contributed by atoms with Crippen LogP contribution in [0.1, 0.15) is 51.9 Å². The zero-order valence-corrected chi connectivity index (χ0v) is 31.7. The van der Waals surface area contributed by atoms with Crippen molar-refractivity contribution in [2.45, 2.75) is 46.1 Å². The van der Waals surface area contributed by atoms with Crippen molar-refractivity contribution in [3.05, 3.63) is 88.6 Å². The molecule has 5 aromatic rings. The van der Waals surface area contributed by atoms with Crippen molar-refractivity contribution in [3.8, 4) is 5.75 Å². The number of hydrogen-bond acceptors (Lipinski definition) is 10. The highest BCUT2D eigenvalue weighted by molar-refractivity contribution is 6.07. The van der Waals surface area contributed by atoms with Gasteiger partial charge in [0.25, 0.3) is 5.91 Å². The van der Waals surface area contributed by atoms with Crippen molar-refractivity contribution < 1.29 is 19.1 Å². The lowest BCUT2D eigenvalue weighted by atomic mass is 9.93. The van der Waals surface area contributed by atoms with Crippen LogP contribution in [0.4, 0.5) is 33.6 Å². The van der Waals surface area contributed by atoms with Crippen LogP contribution in [0.15, 0.2) is 60.8 Å². The average Bonchev–Trinajstić information content (AvgIpc) is 3.49. The molecule has 2 saturated heterocycles. The number of hydrogen-bond donors (Lipinski definition) is 3. The maximum atomic E-state index is 13.6. The first-order valence-electron chi connectivity index (χ1n) is 18.9. The summed E-state index contributed by atoms with van der Waals surface area (Å²) in [5.74, 6) is 1.82.